The molecule has 1 N–H and O–H groups in total. The predicted octanol–water partition coefficient (Wildman–Crippen LogP) is 4.10. The van der Waals surface area contributed by atoms with Crippen LogP contribution in [0.4, 0.5) is 0 Å². The third-order valence-corrected chi connectivity index (χ3v) is 6.13. The minimum absolute atomic E-state index is 0.0781. The highest BCUT2D eigenvalue weighted by Crippen LogP contribution is 2.25. The first-order chi connectivity index (χ1) is 12.4. The van der Waals surface area contributed by atoms with E-state index in [-0.39, 0.29) is 23.9 Å². The molecule has 1 unspecified atom stereocenters. The van der Waals surface area contributed by atoms with Crippen molar-refractivity contribution in [1.29, 1.82) is 0 Å². The summed E-state index contributed by atoms with van der Waals surface area (Å²) >= 11 is 4.93. The standard InChI is InChI=1S/C19H20BrN3O2S/c1-11-13(3)26-18-17(11)19(25)23(10-21-18)9-8-16(24)22-12(2)14-4-6-15(20)7-5-14/h4-7,10,12H,8-9H2,1-3H3,(H,22,24). The normalized spacial score (nSPS) is 12.3. The Labute approximate surface area is 164 Å². The maximum Gasteiger partial charge on any atom is 0.262 e. The molecular formula is C19H20BrN3O2S. The molecular weight excluding hydrogens is 414 g/mol. The lowest BCUT2D eigenvalue weighted by molar-refractivity contribution is -0.121. The Morgan fingerprint density at radius 2 is 2.00 bits per heavy atom. The van der Waals surface area contributed by atoms with Crippen LogP contribution < -0.4 is 10.9 Å². The highest BCUT2D eigenvalue weighted by molar-refractivity contribution is 9.10. The van der Waals surface area contributed by atoms with E-state index in [1.54, 1.807) is 0 Å². The van der Waals surface area contributed by atoms with E-state index < -0.39 is 0 Å². The zero-order valence-corrected chi connectivity index (χ0v) is 17.3. The molecule has 1 aromatic carbocycles. The molecule has 136 valence electrons. The number of fused-ring (bicyclic) bond motifs is 1. The number of amides is 1. The molecule has 5 nitrogen and oxygen atoms in total. The largest absolute Gasteiger partial charge is 0.350 e. The van der Waals surface area contributed by atoms with Gasteiger partial charge in [-0.05, 0) is 44.0 Å². The summed E-state index contributed by atoms with van der Waals surface area (Å²) in [4.78, 5) is 31.1. The predicted molar refractivity (Wildman–Crippen MR) is 109 cm³/mol. The van der Waals surface area contributed by atoms with Gasteiger partial charge in [0.05, 0.1) is 17.8 Å². The van der Waals surface area contributed by atoms with E-state index in [1.165, 1.54) is 22.2 Å². The SMILES string of the molecule is Cc1sc2ncn(CCC(=O)NC(C)c3ccc(Br)cc3)c(=O)c2c1C. The number of aromatic nitrogens is 2. The molecule has 2 aromatic heterocycles. The maximum atomic E-state index is 12.6. The first kappa shape index (κ1) is 18.8. The number of thiophene rings is 1. The Balaban J connectivity index is 1.67. The maximum absolute atomic E-state index is 12.6. The van der Waals surface area contributed by atoms with E-state index in [0.29, 0.717) is 11.9 Å². The molecule has 7 heteroatoms. The van der Waals surface area contributed by atoms with Crippen LogP contribution in [0, 0.1) is 13.8 Å². The summed E-state index contributed by atoms with van der Waals surface area (Å²) in [5, 5.41) is 3.64. The van der Waals surface area contributed by atoms with E-state index in [4.69, 9.17) is 0 Å². The first-order valence-electron chi connectivity index (χ1n) is 8.36. The Morgan fingerprint density at radius 1 is 1.31 bits per heavy atom. The lowest BCUT2D eigenvalue weighted by atomic mass is 10.1. The van der Waals surface area contributed by atoms with Gasteiger partial charge in [-0.1, -0.05) is 28.1 Å². The molecule has 0 saturated heterocycles. The number of hydrogen-bond donors (Lipinski definition) is 1. The van der Waals surface area contributed by atoms with Crippen LogP contribution in [0.5, 0.6) is 0 Å². The molecule has 1 amide bonds. The van der Waals surface area contributed by atoms with E-state index >= 15 is 0 Å². The summed E-state index contributed by atoms with van der Waals surface area (Å²) in [6.07, 6.45) is 1.77. The number of carbonyl (C=O) groups excluding carboxylic acids is 1. The molecule has 1 atom stereocenters. The van der Waals surface area contributed by atoms with Gasteiger partial charge in [-0.15, -0.1) is 11.3 Å². The van der Waals surface area contributed by atoms with Gasteiger partial charge in [0.1, 0.15) is 4.83 Å². The molecule has 0 radical (unpaired) electrons. The van der Waals surface area contributed by atoms with Gasteiger partial charge in [0.2, 0.25) is 5.91 Å². The van der Waals surface area contributed by atoms with Crippen molar-refractivity contribution >= 4 is 43.4 Å². The van der Waals surface area contributed by atoms with Gasteiger partial charge in [-0.25, -0.2) is 4.98 Å². The zero-order chi connectivity index (χ0) is 18.8. The number of carbonyl (C=O) groups is 1. The third kappa shape index (κ3) is 3.88. The number of nitrogens with one attached hydrogen (secondary N) is 1. The van der Waals surface area contributed by atoms with Crippen molar-refractivity contribution in [2.24, 2.45) is 0 Å². The van der Waals surface area contributed by atoms with Gasteiger partial charge in [-0.3, -0.25) is 14.2 Å². The number of halogens is 1. The topological polar surface area (TPSA) is 64.0 Å². The lowest BCUT2D eigenvalue weighted by Crippen LogP contribution is -2.29. The van der Waals surface area contributed by atoms with E-state index in [2.05, 4.69) is 26.2 Å². The van der Waals surface area contributed by atoms with Gasteiger partial charge in [-0.2, -0.15) is 0 Å². The Hall–Kier alpha value is -1.99. The summed E-state index contributed by atoms with van der Waals surface area (Å²) in [6, 6.07) is 7.75. The Morgan fingerprint density at radius 3 is 2.69 bits per heavy atom. The number of hydrogen-bond acceptors (Lipinski definition) is 4. The van der Waals surface area contributed by atoms with E-state index in [0.717, 1.165) is 25.3 Å². The summed E-state index contributed by atoms with van der Waals surface area (Å²) in [6.45, 7) is 6.18. The van der Waals surface area contributed by atoms with Gasteiger partial charge < -0.3 is 5.32 Å². The first-order valence-corrected chi connectivity index (χ1v) is 9.97. The quantitative estimate of drug-likeness (QED) is 0.658. The average Bonchev–Trinajstić information content (AvgIpc) is 2.90. The highest BCUT2D eigenvalue weighted by Gasteiger charge is 2.14. The van der Waals surface area contributed by atoms with Crippen molar-refractivity contribution in [3.05, 3.63) is 61.4 Å². The van der Waals surface area contributed by atoms with Crippen LogP contribution >= 0.6 is 27.3 Å². The molecule has 2 heterocycles. The van der Waals surface area contributed by atoms with Crippen LogP contribution in [0.25, 0.3) is 10.2 Å². The second-order valence-electron chi connectivity index (χ2n) is 6.30. The van der Waals surface area contributed by atoms with Gasteiger partial charge in [0.25, 0.3) is 5.56 Å². The molecule has 0 aliphatic carbocycles. The fourth-order valence-corrected chi connectivity index (χ4v) is 4.05. The molecule has 0 saturated carbocycles. The van der Waals surface area contributed by atoms with Crippen LogP contribution in [0.1, 0.15) is 35.4 Å². The number of nitrogens with zero attached hydrogens (tertiary/aromatic N) is 2. The van der Waals surface area contributed by atoms with E-state index in [9.17, 15) is 9.59 Å². The average molecular weight is 434 g/mol. The fourth-order valence-electron chi connectivity index (χ4n) is 2.80. The van der Waals surface area contributed by atoms with Crippen LogP contribution in [0.2, 0.25) is 0 Å². The molecule has 0 aliphatic rings. The molecule has 0 spiro atoms. The lowest BCUT2D eigenvalue weighted by Gasteiger charge is -2.14. The molecule has 3 aromatic rings. The number of benzene rings is 1. The minimum atomic E-state index is -0.0920. The van der Waals surface area contributed by atoms with Crippen LogP contribution in [0.15, 0.2) is 39.9 Å². The smallest absolute Gasteiger partial charge is 0.262 e. The highest BCUT2D eigenvalue weighted by atomic mass is 79.9. The van der Waals surface area contributed by atoms with Crippen LogP contribution in [0.3, 0.4) is 0 Å². The summed E-state index contributed by atoms with van der Waals surface area (Å²) in [7, 11) is 0. The Bertz CT molecular complexity index is 1010. The van der Waals surface area contributed by atoms with E-state index in [1.807, 2.05) is 45.0 Å². The number of aryl methyl sites for hydroxylation is 3. The number of rotatable bonds is 5. The van der Waals surface area contributed by atoms with Crippen molar-refractivity contribution in [3.63, 3.8) is 0 Å². The third-order valence-electron chi connectivity index (χ3n) is 4.48. The van der Waals surface area contributed by atoms with Gasteiger partial charge in [0.15, 0.2) is 0 Å². The van der Waals surface area contributed by atoms with Crippen LogP contribution in [-0.2, 0) is 11.3 Å². The molecule has 0 fully saturated rings. The zero-order valence-electron chi connectivity index (χ0n) is 14.9. The summed E-state index contributed by atoms with van der Waals surface area (Å²) in [5.41, 5.74) is 1.93. The second kappa shape index (κ2) is 7.72. The summed E-state index contributed by atoms with van der Waals surface area (Å²) in [5.74, 6) is -0.0920. The molecule has 0 bridgehead atoms. The monoisotopic (exact) mass is 433 g/mol. The van der Waals surface area contributed by atoms with Crippen molar-refractivity contribution in [2.75, 3.05) is 0 Å². The van der Waals surface area contributed by atoms with Crippen molar-refractivity contribution in [2.45, 2.75) is 39.8 Å². The molecule has 0 aliphatic heterocycles. The van der Waals surface area contributed by atoms with Crippen molar-refractivity contribution in [1.82, 2.24) is 14.9 Å². The van der Waals surface area contributed by atoms with Gasteiger partial charge in [0, 0.05) is 22.3 Å². The van der Waals surface area contributed by atoms with Gasteiger partial charge >= 0.3 is 0 Å². The Kier molecular flexibility index (Phi) is 5.58. The minimum Gasteiger partial charge on any atom is -0.350 e. The molecule has 26 heavy (non-hydrogen) atoms. The molecule has 3 rings (SSSR count). The van der Waals surface area contributed by atoms with Crippen LogP contribution in [-0.4, -0.2) is 15.5 Å². The van der Waals surface area contributed by atoms with Crippen molar-refractivity contribution < 1.29 is 4.79 Å². The fraction of sp³-hybridized carbons (Fsp3) is 0.316. The van der Waals surface area contributed by atoms with Crippen molar-refractivity contribution in [3.8, 4) is 0 Å². The summed E-state index contributed by atoms with van der Waals surface area (Å²) < 4.78 is 2.52. The second-order valence-corrected chi connectivity index (χ2v) is 8.42.